The number of nitrogens with one attached hydrogen (secondary N) is 1. The number of β-amino-alcohol motifs (C(OH)–C–C–N with tert-alkyl or cyclic N) is 1. The molecule has 0 saturated carbocycles. The molecule has 1 aromatic heterocycles. The minimum Gasteiger partial charge on any atom is -0.481 e. The average Bonchev–Trinajstić information content (AvgIpc) is 2.95. The summed E-state index contributed by atoms with van der Waals surface area (Å²) in [6, 6.07) is 18.9. The van der Waals surface area contributed by atoms with E-state index < -0.39 is 22.1 Å². The van der Waals surface area contributed by atoms with Crippen LogP contribution in [0.15, 0.2) is 71.8 Å². The molecule has 222 valence electrons. The van der Waals surface area contributed by atoms with Gasteiger partial charge in [0.15, 0.2) is 0 Å². The summed E-state index contributed by atoms with van der Waals surface area (Å²) in [5.41, 5.74) is 4.30. The average molecular weight is 582 g/mol. The number of likely N-dealkylation sites (N-methyl/N-ethyl adjacent to an activating group) is 1. The van der Waals surface area contributed by atoms with E-state index in [-0.39, 0.29) is 29.9 Å². The third-order valence-electron chi connectivity index (χ3n) is 7.29. The van der Waals surface area contributed by atoms with Gasteiger partial charge in [0, 0.05) is 44.0 Å². The Morgan fingerprint density at radius 3 is 2.39 bits per heavy atom. The maximum atomic E-state index is 13.5. The number of carbonyl (C=O) groups is 1. The number of aliphatic hydroxyl groups excluding tert-OH is 1. The second kappa shape index (κ2) is 14.7. The summed E-state index contributed by atoms with van der Waals surface area (Å²) in [6.45, 7) is 6.33. The molecule has 0 saturated heterocycles. The van der Waals surface area contributed by atoms with Crippen LogP contribution in [-0.2, 0) is 34.1 Å². The van der Waals surface area contributed by atoms with Gasteiger partial charge in [0.25, 0.3) is 0 Å². The normalized spacial score (nSPS) is 12.9. The van der Waals surface area contributed by atoms with E-state index in [1.54, 1.807) is 18.3 Å². The molecule has 0 fully saturated rings. The van der Waals surface area contributed by atoms with Crippen molar-refractivity contribution in [2.75, 3.05) is 20.1 Å². The number of pyridine rings is 1. The third kappa shape index (κ3) is 9.74. The van der Waals surface area contributed by atoms with Crippen LogP contribution in [0.25, 0.3) is 11.1 Å². The minimum absolute atomic E-state index is 0.0257. The molecule has 1 atom stereocenters. The highest BCUT2D eigenvalue weighted by Crippen LogP contribution is 2.28. The SMILES string of the molecule is CCc1cc(-c2ccc(CCC(=O)O)cc2)ccc1S(=O)(=O)N(C)C[C@@H](O)CNC(C)(C)CCCc1ccccn1. The Bertz CT molecular complexity index is 1380. The van der Waals surface area contributed by atoms with E-state index >= 15 is 0 Å². The standard InChI is InChI=1S/C32H43N3O5S/c1-5-25-21-27(26-14-11-24(12-15-26)13-18-31(37)38)16-17-30(25)41(39,40)35(4)23-29(36)22-34-32(2,3)19-8-10-28-9-6-7-20-33-28/h6-7,9,11-12,14-17,20-21,29,34,36H,5,8,10,13,18-19,22-23H2,1-4H3,(H,37,38)/t29-/m0/s1. The summed E-state index contributed by atoms with van der Waals surface area (Å²) in [5, 5.41) is 23.0. The number of nitrogens with zero attached hydrogens (tertiary/aromatic N) is 2. The van der Waals surface area contributed by atoms with Gasteiger partial charge in [-0.15, -0.1) is 0 Å². The van der Waals surface area contributed by atoms with Gasteiger partial charge < -0.3 is 15.5 Å². The number of benzene rings is 2. The quantitative estimate of drug-likeness (QED) is 0.224. The predicted molar refractivity (Wildman–Crippen MR) is 162 cm³/mol. The van der Waals surface area contributed by atoms with E-state index in [0.717, 1.165) is 41.6 Å². The van der Waals surface area contributed by atoms with E-state index in [9.17, 15) is 18.3 Å². The smallest absolute Gasteiger partial charge is 0.303 e. The summed E-state index contributed by atoms with van der Waals surface area (Å²) in [6.07, 6.45) is 4.72. The number of hydrogen-bond acceptors (Lipinski definition) is 6. The largest absolute Gasteiger partial charge is 0.481 e. The van der Waals surface area contributed by atoms with E-state index in [2.05, 4.69) is 24.1 Å². The lowest BCUT2D eigenvalue weighted by Crippen LogP contribution is -2.46. The first-order valence-electron chi connectivity index (χ1n) is 14.1. The molecular formula is C32H43N3O5S. The fourth-order valence-corrected chi connectivity index (χ4v) is 6.25. The summed E-state index contributed by atoms with van der Waals surface area (Å²) >= 11 is 0. The van der Waals surface area contributed by atoms with Gasteiger partial charge in [-0.05, 0) is 92.5 Å². The maximum absolute atomic E-state index is 13.5. The number of carboxylic acid groups (broad SMARTS) is 1. The second-order valence-electron chi connectivity index (χ2n) is 11.1. The molecule has 8 nitrogen and oxygen atoms in total. The van der Waals surface area contributed by atoms with Crippen molar-refractivity contribution in [3.8, 4) is 11.1 Å². The topological polar surface area (TPSA) is 120 Å². The Balaban J connectivity index is 1.59. The highest BCUT2D eigenvalue weighted by molar-refractivity contribution is 7.89. The van der Waals surface area contributed by atoms with Gasteiger partial charge in [-0.1, -0.05) is 43.3 Å². The van der Waals surface area contributed by atoms with Crippen LogP contribution in [0.5, 0.6) is 0 Å². The van der Waals surface area contributed by atoms with Gasteiger partial charge >= 0.3 is 5.97 Å². The van der Waals surface area contributed by atoms with Crippen molar-refractivity contribution in [2.24, 2.45) is 0 Å². The van der Waals surface area contributed by atoms with Crippen molar-refractivity contribution in [1.82, 2.24) is 14.6 Å². The number of hydrogen-bond donors (Lipinski definition) is 3. The summed E-state index contributed by atoms with van der Waals surface area (Å²) in [4.78, 5) is 15.4. The molecule has 2 aromatic carbocycles. The summed E-state index contributed by atoms with van der Waals surface area (Å²) in [5.74, 6) is -0.830. The van der Waals surface area contributed by atoms with Gasteiger partial charge in [-0.3, -0.25) is 9.78 Å². The molecule has 3 aromatic rings. The monoisotopic (exact) mass is 581 g/mol. The van der Waals surface area contributed by atoms with Crippen LogP contribution in [0.2, 0.25) is 0 Å². The molecule has 3 rings (SSSR count). The Labute approximate surface area is 244 Å². The van der Waals surface area contributed by atoms with Crippen molar-refractivity contribution in [3.63, 3.8) is 0 Å². The molecule has 0 radical (unpaired) electrons. The lowest BCUT2D eigenvalue weighted by molar-refractivity contribution is -0.136. The highest BCUT2D eigenvalue weighted by Gasteiger charge is 2.26. The molecule has 0 aliphatic heterocycles. The number of rotatable bonds is 16. The number of sulfonamides is 1. The molecule has 9 heteroatoms. The van der Waals surface area contributed by atoms with Crippen molar-refractivity contribution in [1.29, 1.82) is 0 Å². The fourth-order valence-electron chi connectivity index (χ4n) is 4.77. The van der Waals surface area contributed by atoms with Gasteiger partial charge in [0.2, 0.25) is 10.0 Å². The first kappa shape index (κ1) is 32.4. The third-order valence-corrected chi connectivity index (χ3v) is 9.21. The molecule has 0 bridgehead atoms. The molecule has 3 N–H and O–H groups in total. The minimum atomic E-state index is -3.81. The van der Waals surface area contributed by atoms with E-state index in [4.69, 9.17) is 5.11 Å². The lowest BCUT2D eigenvalue weighted by Gasteiger charge is -2.29. The zero-order valence-electron chi connectivity index (χ0n) is 24.5. The Kier molecular flexibility index (Phi) is 11.6. The molecule has 0 spiro atoms. The van der Waals surface area contributed by atoms with Gasteiger partial charge in [-0.2, -0.15) is 4.31 Å². The first-order chi connectivity index (χ1) is 19.4. The zero-order chi connectivity index (χ0) is 30.0. The molecule has 0 aliphatic carbocycles. The molecule has 1 heterocycles. The Hall–Kier alpha value is -3.11. The lowest BCUT2D eigenvalue weighted by atomic mass is 9.96. The number of aliphatic carboxylic acids is 1. The molecule has 0 aliphatic rings. The fraction of sp³-hybridized carbons (Fsp3) is 0.438. The van der Waals surface area contributed by atoms with Crippen LogP contribution in [0.4, 0.5) is 0 Å². The molecular weight excluding hydrogens is 538 g/mol. The predicted octanol–water partition coefficient (Wildman–Crippen LogP) is 4.70. The van der Waals surface area contributed by atoms with E-state index in [0.29, 0.717) is 18.4 Å². The summed E-state index contributed by atoms with van der Waals surface area (Å²) in [7, 11) is -2.31. The first-order valence-corrected chi connectivity index (χ1v) is 15.6. The molecule has 0 amide bonds. The van der Waals surface area contributed by atoms with Crippen LogP contribution in [0, 0.1) is 0 Å². The Morgan fingerprint density at radius 1 is 1.05 bits per heavy atom. The van der Waals surface area contributed by atoms with Gasteiger partial charge in [0.05, 0.1) is 11.0 Å². The van der Waals surface area contributed by atoms with Crippen LogP contribution < -0.4 is 5.32 Å². The second-order valence-corrected chi connectivity index (χ2v) is 13.2. The van der Waals surface area contributed by atoms with Crippen molar-refractivity contribution in [2.45, 2.75) is 75.8 Å². The van der Waals surface area contributed by atoms with Crippen LogP contribution in [0.3, 0.4) is 0 Å². The molecule has 0 unspecified atom stereocenters. The van der Waals surface area contributed by atoms with Crippen LogP contribution in [-0.4, -0.2) is 65.7 Å². The number of carboxylic acids is 1. The molecule has 41 heavy (non-hydrogen) atoms. The van der Waals surface area contributed by atoms with Gasteiger partial charge in [0.1, 0.15) is 0 Å². The van der Waals surface area contributed by atoms with E-state index in [1.165, 1.54) is 11.4 Å². The van der Waals surface area contributed by atoms with Crippen molar-refractivity contribution >= 4 is 16.0 Å². The van der Waals surface area contributed by atoms with Crippen LogP contribution >= 0.6 is 0 Å². The number of aliphatic hydroxyl groups is 1. The highest BCUT2D eigenvalue weighted by atomic mass is 32.2. The van der Waals surface area contributed by atoms with Gasteiger partial charge in [-0.25, -0.2) is 8.42 Å². The van der Waals surface area contributed by atoms with Crippen LogP contribution in [0.1, 0.15) is 56.9 Å². The van der Waals surface area contributed by atoms with E-state index in [1.807, 2.05) is 55.5 Å². The number of aromatic nitrogens is 1. The van der Waals surface area contributed by atoms with Crippen molar-refractivity contribution < 1.29 is 23.4 Å². The maximum Gasteiger partial charge on any atom is 0.303 e. The number of aryl methyl sites for hydroxylation is 3. The van der Waals surface area contributed by atoms with Crippen molar-refractivity contribution in [3.05, 3.63) is 83.7 Å². The zero-order valence-corrected chi connectivity index (χ0v) is 25.3. The summed E-state index contributed by atoms with van der Waals surface area (Å²) < 4.78 is 28.2. The Morgan fingerprint density at radius 2 is 1.76 bits per heavy atom.